The third kappa shape index (κ3) is 6.53. The number of halogens is 2. The molecule has 2 aromatic rings. The summed E-state index contributed by atoms with van der Waals surface area (Å²) in [5.74, 6) is 0.163. The van der Waals surface area contributed by atoms with Crippen LogP contribution in [0.3, 0.4) is 0 Å². The van der Waals surface area contributed by atoms with Gasteiger partial charge in [0.05, 0.1) is 5.75 Å². The maximum absolute atomic E-state index is 13.0. The Morgan fingerprint density at radius 2 is 1.86 bits per heavy atom. The Hall–Kier alpha value is -2.05. The lowest BCUT2D eigenvalue weighted by Crippen LogP contribution is -2.48. The number of thioether (sulfide) groups is 1. The lowest BCUT2D eigenvalue weighted by Gasteiger charge is -2.29. The topological polar surface area (TPSA) is 49.4 Å². The summed E-state index contributed by atoms with van der Waals surface area (Å²) < 4.78 is 13.0. The van der Waals surface area contributed by atoms with Crippen molar-refractivity contribution in [2.45, 2.75) is 32.2 Å². The molecule has 0 spiro atoms. The molecule has 2 rings (SSSR count). The second-order valence-corrected chi connectivity index (χ2v) is 7.70. The molecule has 0 aromatic heterocycles. The lowest BCUT2D eigenvalue weighted by atomic mass is 10.1. The molecule has 0 heterocycles. The lowest BCUT2D eigenvalue weighted by molar-refractivity contribution is -0.138. The van der Waals surface area contributed by atoms with Crippen LogP contribution in [0.1, 0.15) is 25.0 Å². The fraction of sp³-hybridized carbons (Fsp3) is 0.333. The number of nitrogens with one attached hydrogen (secondary N) is 1. The fourth-order valence-electron chi connectivity index (χ4n) is 2.63. The van der Waals surface area contributed by atoms with E-state index >= 15 is 0 Å². The molecule has 0 saturated carbocycles. The molecule has 28 heavy (non-hydrogen) atoms. The third-order valence-electron chi connectivity index (χ3n) is 4.22. The Labute approximate surface area is 174 Å². The first-order valence-corrected chi connectivity index (χ1v) is 10.6. The van der Waals surface area contributed by atoms with Crippen molar-refractivity contribution in [3.63, 3.8) is 0 Å². The van der Waals surface area contributed by atoms with Crippen molar-refractivity contribution in [1.29, 1.82) is 0 Å². The monoisotopic (exact) mass is 422 g/mol. The van der Waals surface area contributed by atoms with Crippen LogP contribution in [0.5, 0.6) is 0 Å². The van der Waals surface area contributed by atoms with Crippen LogP contribution in [-0.2, 0) is 21.9 Å². The highest BCUT2D eigenvalue weighted by molar-refractivity contribution is 7.99. The average molecular weight is 423 g/mol. The molecule has 7 heteroatoms. The Morgan fingerprint density at radius 1 is 1.18 bits per heavy atom. The highest BCUT2D eigenvalue weighted by Gasteiger charge is 2.26. The number of carbonyl (C=O) groups is 2. The van der Waals surface area contributed by atoms with Crippen molar-refractivity contribution in [2.75, 3.05) is 12.3 Å². The first-order valence-electron chi connectivity index (χ1n) is 9.05. The second-order valence-electron chi connectivity index (χ2n) is 6.30. The Bertz CT molecular complexity index is 801. The molecule has 150 valence electrons. The minimum atomic E-state index is -0.616. The van der Waals surface area contributed by atoms with Gasteiger partial charge in [0.1, 0.15) is 11.9 Å². The summed E-state index contributed by atoms with van der Waals surface area (Å²) >= 11 is 7.67. The van der Waals surface area contributed by atoms with Gasteiger partial charge in [0.25, 0.3) is 0 Å². The van der Waals surface area contributed by atoms with Crippen LogP contribution in [0, 0.1) is 5.82 Å². The van der Waals surface area contributed by atoms with Crippen LogP contribution in [0.25, 0.3) is 0 Å². The number of hydrogen-bond donors (Lipinski definition) is 1. The van der Waals surface area contributed by atoms with Crippen LogP contribution in [0.2, 0.25) is 5.02 Å². The molecular formula is C21H24ClFN2O2S. The molecule has 0 aliphatic carbocycles. The Balaban J connectivity index is 2.06. The van der Waals surface area contributed by atoms with Gasteiger partial charge in [0.2, 0.25) is 11.8 Å². The maximum atomic E-state index is 13.0. The molecule has 0 saturated heterocycles. The van der Waals surface area contributed by atoms with Gasteiger partial charge in [0.15, 0.2) is 0 Å². The predicted octanol–water partition coefficient (Wildman–Crippen LogP) is 4.27. The highest BCUT2D eigenvalue weighted by Crippen LogP contribution is 2.20. The fourth-order valence-corrected chi connectivity index (χ4v) is 3.70. The highest BCUT2D eigenvalue weighted by atomic mass is 35.5. The number of carbonyl (C=O) groups excluding carboxylic acids is 2. The summed E-state index contributed by atoms with van der Waals surface area (Å²) in [6, 6.07) is 12.9. The van der Waals surface area contributed by atoms with E-state index in [0.717, 1.165) is 11.1 Å². The molecule has 2 amide bonds. The Morgan fingerprint density at radius 3 is 2.50 bits per heavy atom. The minimum absolute atomic E-state index is 0.147. The van der Waals surface area contributed by atoms with E-state index in [1.807, 2.05) is 25.1 Å². The van der Waals surface area contributed by atoms with Gasteiger partial charge >= 0.3 is 0 Å². The minimum Gasteiger partial charge on any atom is -0.355 e. The average Bonchev–Trinajstić information content (AvgIpc) is 2.68. The molecule has 0 unspecified atom stereocenters. The van der Waals surface area contributed by atoms with E-state index in [1.54, 1.807) is 30.0 Å². The number of amides is 2. The number of hydrogen-bond acceptors (Lipinski definition) is 3. The zero-order valence-corrected chi connectivity index (χ0v) is 17.5. The quantitative estimate of drug-likeness (QED) is 0.656. The van der Waals surface area contributed by atoms with Gasteiger partial charge in [-0.1, -0.05) is 41.9 Å². The summed E-state index contributed by atoms with van der Waals surface area (Å²) in [6.07, 6.45) is 0. The summed E-state index contributed by atoms with van der Waals surface area (Å²) in [5.41, 5.74) is 1.73. The van der Waals surface area contributed by atoms with E-state index in [1.165, 1.54) is 23.9 Å². The van der Waals surface area contributed by atoms with Gasteiger partial charge in [-0.3, -0.25) is 9.59 Å². The van der Waals surface area contributed by atoms with Crippen LogP contribution >= 0.6 is 23.4 Å². The SMILES string of the molecule is CCNC(=O)[C@H](C)N(Cc1ccccc1Cl)C(=O)CSCc1ccc(F)cc1. The molecular weight excluding hydrogens is 399 g/mol. The first kappa shape index (κ1) is 22.2. The molecule has 2 aromatic carbocycles. The van der Waals surface area contributed by atoms with Crippen molar-refractivity contribution in [1.82, 2.24) is 10.2 Å². The van der Waals surface area contributed by atoms with Crippen LogP contribution in [0.15, 0.2) is 48.5 Å². The second kappa shape index (κ2) is 11.1. The summed E-state index contributed by atoms with van der Waals surface area (Å²) in [5, 5.41) is 3.32. The maximum Gasteiger partial charge on any atom is 0.242 e. The zero-order valence-electron chi connectivity index (χ0n) is 16.0. The first-order chi connectivity index (χ1) is 13.4. The standard InChI is InChI=1S/C21H24ClFN2O2S/c1-3-24-21(27)15(2)25(12-17-6-4-5-7-19(17)22)20(26)14-28-13-16-8-10-18(23)11-9-16/h4-11,15H,3,12-14H2,1-2H3,(H,24,27)/t15-/m0/s1. The van der Waals surface area contributed by atoms with Crippen molar-refractivity contribution < 1.29 is 14.0 Å². The molecule has 0 bridgehead atoms. The van der Waals surface area contributed by atoms with Gasteiger partial charge in [-0.25, -0.2) is 4.39 Å². The zero-order chi connectivity index (χ0) is 20.5. The molecule has 1 N–H and O–H groups in total. The summed E-state index contributed by atoms with van der Waals surface area (Å²) in [4.78, 5) is 26.7. The van der Waals surface area contributed by atoms with Gasteiger partial charge in [-0.05, 0) is 43.2 Å². The number of nitrogens with zero attached hydrogens (tertiary/aromatic N) is 1. The van der Waals surface area contributed by atoms with E-state index in [0.29, 0.717) is 17.3 Å². The molecule has 0 aliphatic heterocycles. The van der Waals surface area contributed by atoms with Crippen molar-refractivity contribution in [3.05, 3.63) is 70.5 Å². The van der Waals surface area contributed by atoms with E-state index in [4.69, 9.17) is 11.6 Å². The third-order valence-corrected chi connectivity index (χ3v) is 5.58. The summed E-state index contributed by atoms with van der Waals surface area (Å²) in [6.45, 7) is 4.30. The number of likely N-dealkylation sites (N-methyl/N-ethyl adjacent to an activating group) is 1. The number of benzene rings is 2. The number of rotatable bonds is 9. The van der Waals surface area contributed by atoms with Crippen molar-refractivity contribution in [2.24, 2.45) is 0 Å². The van der Waals surface area contributed by atoms with Crippen LogP contribution in [0.4, 0.5) is 4.39 Å². The molecule has 0 radical (unpaired) electrons. The summed E-state index contributed by atoms with van der Waals surface area (Å²) in [7, 11) is 0. The molecule has 4 nitrogen and oxygen atoms in total. The van der Waals surface area contributed by atoms with Crippen molar-refractivity contribution >= 4 is 35.2 Å². The van der Waals surface area contributed by atoms with Crippen molar-refractivity contribution in [3.8, 4) is 0 Å². The molecule has 0 aliphatic rings. The van der Waals surface area contributed by atoms with Crippen LogP contribution < -0.4 is 5.32 Å². The van der Waals surface area contributed by atoms with E-state index < -0.39 is 6.04 Å². The van der Waals surface area contributed by atoms with Gasteiger partial charge in [0, 0.05) is 23.9 Å². The smallest absolute Gasteiger partial charge is 0.242 e. The van der Waals surface area contributed by atoms with E-state index in [9.17, 15) is 14.0 Å². The van der Waals surface area contributed by atoms with Crippen LogP contribution in [-0.4, -0.2) is 35.1 Å². The molecule has 1 atom stereocenters. The Kier molecular flexibility index (Phi) is 8.80. The van der Waals surface area contributed by atoms with Gasteiger partial charge < -0.3 is 10.2 Å². The van der Waals surface area contributed by atoms with E-state index in [-0.39, 0.29) is 29.9 Å². The van der Waals surface area contributed by atoms with Gasteiger partial charge in [-0.2, -0.15) is 0 Å². The largest absolute Gasteiger partial charge is 0.355 e. The molecule has 0 fully saturated rings. The predicted molar refractivity (Wildman–Crippen MR) is 113 cm³/mol. The van der Waals surface area contributed by atoms with E-state index in [2.05, 4.69) is 5.32 Å². The normalized spacial score (nSPS) is 11.7. The van der Waals surface area contributed by atoms with Gasteiger partial charge in [-0.15, -0.1) is 11.8 Å².